The predicted octanol–water partition coefficient (Wildman–Crippen LogP) is 2.61. The van der Waals surface area contributed by atoms with Crippen LogP contribution in [-0.2, 0) is 11.0 Å². The monoisotopic (exact) mass is 364 g/mol. The molecule has 4 nitrogen and oxygen atoms in total. The van der Waals surface area contributed by atoms with Crippen LogP contribution >= 0.6 is 12.2 Å². The Morgan fingerprint density at radius 3 is 2.38 bits per heavy atom. The summed E-state index contributed by atoms with van der Waals surface area (Å²) in [4.78, 5) is 12.0. The maximum absolute atomic E-state index is 13.6. The number of thiocarbonyl (C=S) groups is 1. The number of likely N-dealkylation sites (N-methyl/N-ethyl adjacent to an activating group) is 1. The van der Waals surface area contributed by atoms with E-state index in [1.807, 2.05) is 0 Å². The zero-order valence-corrected chi connectivity index (χ0v) is 13.1. The van der Waals surface area contributed by atoms with Gasteiger partial charge in [-0.3, -0.25) is 10.1 Å². The molecule has 1 N–H and O–H groups in total. The molecule has 0 radical (unpaired) electrons. The number of amides is 1. The van der Waals surface area contributed by atoms with Crippen LogP contribution < -0.4 is 9.80 Å². The number of nitrogens with zero attached hydrogens (tertiary/aromatic N) is 2. The standard InChI is InChI=1S/C14H10F5N3OS/c1-22(12(24)21-11(23)13(22,6-15)7-16)9-3-2-8(5-20)10(4-9)14(17,18)19/h2-4H,6-7H2,1H3/p+1. The fourth-order valence-corrected chi connectivity index (χ4v) is 3.00. The largest absolute Gasteiger partial charge is 0.417 e. The number of rotatable bonds is 3. The number of quaternary nitrogens is 1. The van der Waals surface area contributed by atoms with Gasteiger partial charge in [0.05, 0.1) is 24.2 Å². The summed E-state index contributed by atoms with van der Waals surface area (Å²) in [6.07, 6.45) is -4.85. The first-order valence-corrected chi connectivity index (χ1v) is 6.95. The molecule has 1 fully saturated rings. The van der Waals surface area contributed by atoms with E-state index in [-0.39, 0.29) is 10.8 Å². The summed E-state index contributed by atoms with van der Waals surface area (Å²) in [5.74, 6) is -1.04. The molecule has 1 heterocycles. The third kappa shape index (κ3) is 2.27. The molecule has 1 aromatic rings. The van der Waals surface area contributed by atoms with Crippen molar-refractivity contribution in [2.45, 2.75) is 11.7 Å². The summed E-state index contributed by atoms with van der Waals surface area (Å²) < 4.78 is 65.6. The van der Waals surface area contributed by atoms with Crippen LogP contribution in [0.4, 0.5) is 27.6 Å². The number of hydrogen-bond acceptors (Lipinski definition) is 3. The lowest BCUT2D eigenvalue weighted by atomic mass is 9.96. The lowest BCUT2D eigenvalue weighted by molar-refractivity contribution is -0.137. The van der Waals surface area contributed by atoms with E-state index in [4.69, 9.17) is 17.5 Å². The average Bonchev–Trinajstić information content (AvgIpc) is 2.73. The summed E-state index contributed by atoms with van der Waals surface area (Å²) >= 11 is 4.95. The van der Waals surface area contributed by atoms with Gasteiger partial charge < -0.3 is 0 Å². The summed E-state index contributed by atoms with van der Waals surface area (Å²) in [6.45, 7) is -2.93. The van der Waals surface area contributed by atoms with Crippen molar-refractivity contribution in [1.29, 1.82) is 5.26 Å². The molecule has 0 aromatic heterocycles. The molecule has 1 amide bonds. The Kier molecular flexibility index (Phi) is 4.37. The highest BCUT2D eigenvalue weighted by Gasteiger charge is 2.65. The van der Waals surface area contributed by atoms with Crippen molar-refractivity contribution in [3.8, 4) is 6.07 Å². The quantitative estimate of drug-likeness (QED) is 0.510. The van der Waals surface area contributed by atoms with Crippen molar-refractivity contribution in [1.82, 2.24) is 9.80 Å². The van der Waals surface area contributed by atoms with Gasteiger partial charge in [-0.15, -0.1) is 0 Å². The first kappa shape index (κ1) is 18.2. The smallest absolute Gasteiger partial charge is 0.267 e. The summed E-state index contributed by atoms with van der Waals surface area (Å²) in [6, 6.07) is 3.98. The van der Waals surface area contributed by atoms with Crippen molar-refractivity contribution in [3.63, 3.8) is 0 Å². The van der Waals surface area contributed by atoms with E-state index in [0.29, 0.717) is 6.07 Å². The van der Waals surface area contributed by atoms with Gasteiger partial charge >= 0.3 is 6.18 Å². The Bertz CT molecular complexity index is 754. The number of nitrogens with one attached hydrogen (secondary N) is 1. The zero-order chi connectivity index (χ0) is 18.3. The molecule has 24 heavy (non-hydrogen) atoms. The molecule has 1 aliphatic heterocycles. The van der Waals surface area contributed by atoms with Gasteiger partial charge in [0, 0.05) is 24.4 Å². The van der Waals surface area contributed by atoms with Crippen LogP contribution in [-0.4, -0.2) is 37.0 Å². The molecule has 0 spiro atoms. The van der Waals surface area contributed by atoms with Gasteiger partial charge in [0.25, 0.3) is 11.0 Å². The van der Waals surface area contributed by atoms with Crippen LogP contribution in [0.1, 0.15) is 11.1 Å². The lowest BCUT2D eigenvalue weighted by Crippen LogP contribution is -2.66. The highest BCUT2D eigenvalue weighted by molar-refractivity contribution is 7.80. The number of alkyl halides is 5. The number of carbonyl (C=O) groups is 1. The maximum Gasteiger partial charge on any atom is 0.417 e. The highest BCUT2D eigenvalue weighted by Crippen LogP contribution is 2.41. The van der Waals surface area contributed by atoms with Crippen LogP contribution in [0.3, 0.4) is 0 Å². The molecule has 0 aliphatic carbocycles. The van der Waals surface area contributed by atoms with Gasteiger partial charge in [-0.05, 0) is 6.07 Å². The second-order valence-electron chi connectivity index (χ2n) is 5.40. The number of nitriles is 1. The SMILES string of the molecule is C[N+]1(c2ccc(C#N)c(C(F)(F)F)c2)C(=S)NC(=O)C1(CF)CF. The average molecular weight is 364 g/mol. The fraction of sp³-hybridized carbons (Fsp3) is 0.357. The molecular formula is C14H11F5N3OS+. The molecule has 0 bridgehead atoms. The van der Waals surface area contributed by atoms with E-state index < -0.39 is 46.6 Å². The maximum atomic E-state index is 13.6. The van der Waals surface area contributed by atoms with Gasteiger partial charge in [0.2, 0.25) is 5.54 Å². The van der Waals surface area contributed by atoms with E-state index in [9.17, 15) is 26.7 Å². The van der Waals surface area contributed by atoms with Crippen molar-refractivity contribution in [3.05, 3.63) is 29.3 Å². The van der Waals surface area contributed by atoms with Crippen molar-refractivity contribution >= 4 is 28.9 Å². The highest BCUT2D eigenvalue weighted by atomic mass is 32.1. The second kappa shape index (κ2) is 5.75. The van der Waals surface area contributed by atoms with E-state index in [1.165, 1.54) is 6.07 Å². The first-order chi connectivity index (χ1) is 11.1. The second-order valence-corrected chi connectivity index (χ2v) is 5.79. The zero-order valence-electron chi connectivity index (χ0n) is 12.2. The Morgan fingerprint density at radius 1 is 1.33 bits per heavy atom. The molecule has 128 valence electrons. The number of carbonyl (C=O) groups excluding carboxylic acids is 1. The van der Waals surface area contributed by atoms with E-state index in [2.05, 4.69) is 5.32 Å². The number of halogens is 5. The van der Waals surface area contributed by atoms with Crippen LogP contribution in [0.15, 0.2) is 18.2 Å². The van der Waals surface area contributed by atoms with Crippen molar-refractivity contribution < 1.29 is 26.7 Å². The molecule has 1 aromatic carbocycles. The van der Waals surface area contributed by atoms with E-state index >= 15 is 0 Å². The van der Waals surface area contributed by atoms with Crippen molar-refractivity contribution in [2.24, 2.45) is 0 Å². The minimum atomic E-state index is -4.85. The van der Waals surface area contributed by atoms with Crippen molar-refractivity contribution in [2.75, 3.05) is 20.4 Å². The fourth-order valence-electron chi connectivity index (χ4n) is 2.63. The molecule has 1 saturated heterocycles. The number of benzene rings is 1. The predicted molar refractivity (Wildman–Crippen MR) is 79.3 cm³/mol. The van der Waals surface area contributed by atoms with Crippen LogP contribution in [0, 0.1) is 11.3 Å². The topological polar surface area (TPSA) is 52.9 Å². The minimum Gasteiger partial charge on any atom is -0.267 e. The molecular weight excluding hydrogens is 353 g/mol. The van der Waals surface area contributed by atoms with Crippen LogP contribution in [0.2, 0.25) is 0 Å². The first-order valence-electron chi connectivity index (χ1n) is 6.55. The third-order valence-corrected chi connectivity index (χ3v) is 4.76. The summed E-state index contributed by atoms with van der Waals surface area (Å²) in [5.41, 5.74) is -4.47. The lowest BCUT2D eigenvalue weighted by Gasteiger charge is -2.38. The van der Waals surface area contributed by atoms with E-state index in [0.717, 1.165) is 19.2 Å². The Morgan fingerprint density at radius 2 is 1.92 bits per heavy atom. The van der Waals surface area contributed by atoms with Crippen LogP contribution in [0.25, 0.3) is 0 Å². The molecule has 1 aliphatic rings. The molecule has 10 heteroatoms. The van der Waals surface area contributed by atoms with E-state index in [1.54, 1.807) is 0 Å². The molecule has 1 atom stereocenters. The Hall–Kier alpha value is -2.12. The van der Waals surface area contributed by atoms with Crippen LogP contribution in [0.5, 0.6) is 0 Å². The Balaban J connectivity index is 2.76. The third-order valence-electron chi connectivity index (χ3n) is 4.29. The summed E-state index contributed by atoms with van der Waals surface area (Å²) in [7, 11) is 1.15. The minimum absolute atomic E-state index is 0.250. The molecule has 0 saturated carbocycles. The van der Waals surface area contributed by atoms with Gasteiger partial charge in [0.1, 0.15) is 5.69 Å². The van der Waals surface area contributed by atoms with Gasteiger partial charge in [-0.1, -0.05) is 0 Å². The molecule has 1 unspecified atom stereocenters. The summed E-state index contributed by atoms with van der Waals surface area (Å²) in [5, 5.41) is 10.6. The van der Waals surface area contributed by atoms with Gasteiger partial charge in [0.15, 0.2) is 13.3 Å². The normalized spacial score (nSPS) is 23.0. The number of hydrogen-bond donors (Lipinski definition) is 1. The van der Waals surface area contributed by atoms with Gasteiger partial charge in [-0.25, -0.2) is 13.3 Å². The van der Waals surface area contributed by atoms with Gasteiger partial charge in [-0.2, -0.15) is 18.4 Å². The molecule has 2 rings (SSSR count). The Labute approximate surface area is 139 Å².